The summed E-state index contributed by atoms with van der Waals surface area (Å²) in [7, 11) is -2.40. The molecule has 0 aliphatic rings. The molecule has 1 aromatic rings. The van der Waals surface area contributed by atoms with Crippen LogP contribution >= 0.6 is 11.3 Å². The molecule has 1 aromatic heterocycles. The Hall–Kier alpha value is -1.36. The molecule has 2 N–H and O–H groups in total. The van der Waals surface area contributed by atoms with Crippen LogP contribution in [0.1, 0.15) is 11.3 Å². The maximum absolute atomic E-state index is 10.9. The molecule has 0 saturated carbocycles. The Morgan fingerprint density at radius 1 is 1.56 bits per heavy atom. The van der Waals surface area contributed by atoms with Crippen LogP contribution in [0, 0.1) is 11.8 Å². The molecule has 0 atom stereocenters. The van der Waals surface area contributed by atoms with E-state index in [-0.39, 0.29) is 10.6 Å². The van der Waals surface area contributed by atoms with Crippen LogP contribution in [0.25, 0.3) is 0 Å². The number of hydrogen-bond acceptors (Lipinski definition) is 5. The van der Waals surface area contributed by atoms with Gasteiger partial charge >= 0.3 is 5.97 Å². The third-order valence-electron chi connectivity index (χ3n) is 1.53. The molecule has 0 aliphatic carbocycles. The molecule has 0 saturated heterocycles. The molecular formula is C9H9NO4S2. The molecule has 0 fully saturated rings. The molecular weight excluding hydrogens is 250 g/mol. The van der Waals surface area contributed by atoms with Crippen molar-refractivity contribution in [1.29, 1.82) is 0 Å². The minimum Gasteiger partial charge on any atom is -0.468 e. The first kappa shape index (κ1) is 12.7. The lowest BCUT2D eigenvalue weighted by molar-refractivity contribution is -0.139. The number of hydrogen-bond donors (Lipinski definition) is 1. The molecule has 0 spiro atoms. The highest BCUT2D eigenvalue weighted by Gasteiger charge is 2.09. The number of ether oxygens (including phenoxy) is 1. The van der Waals surface area contributed by atoms with Crippen molar-refractivity contribution in [1.82, 2.24) is 0 Å². The molecule has 0 aromatic carbocycles. The van der Waals surface area contributed by atoms with Crippen LogP contribution in [0.15, 0.2) is 16.3 Å². The smallest absolute Gasteiger partial charge is 0.317 e. The molecule has 0 aliphatic heterocycles. The van der Waals surface area contributed by atoms with Gasteiger partial charge in [-0.25, -0.2) is 13.6 Å². The number of methoxy groups -OCH3 is 1. The van der Waals surface area contributed by atoms with Crippen LogP contribution in [0.5, 0.6) is 0 Å². The van der Waals surface area contributed by atoms with Crippen molar-refractivity contribution in [2.24, 2.45) is 5.14 Å². The van der Waals surface area contributed by atoms with Crippen molar-refractivity contribution in [3.63, 3.8) is 0 Å². The molecule has 1 rings (SSSR count). The fraction of sp³-hybridized carbons (Fsp3) is 0.222. The lowest BCUT2D eigenvalue weighted by atomic mass is 10.4. The quantitative estimate of drug-likeness (QED) is 0.611. The van der Waals surface area contributed by atoms with Crippen molar-refractivity contribution < 1.29 is 17.9 Å². The fourth-order valence-corrected chi connectivity index (χ4v) is 2.42. The molecule has 16 heavy (non-hydrogen) atoms. The number of rotatable bonds is 2. The van der Waals surface area contributed by atoms with E-state index in [0.29, 0.717) is 4.88 Å². The highest BCUT2D eigenvalue weighted by atomic mass is 32.2. The summed E-state index contributed by atoms with van der Waals surface area (Å²) in [6.07, 6.45) is -0.0287. The third-order valence-corrected chi connectivity index (χ3v) is 3.97. The summed E-state index contributed by atoms with van der Waals surface area (Å²) in [6.45, 7) is 0. The molecule has 0 bridgehead atoms. The van der Waals surface area contributed by atoms with Crippen molar-refractivity contribution in [3.05, 3.63) is 17.0 Å². The molecule has 0 unspecified atom stereocenters. The van der Waals surface area contributed by atoms with Gasteiger partial charge < -0.3 is 4.74 Å². The number of carbonyl (C=O) groups is 1. The van der Waals surface area contributed by atoms with Crippen molar-refractivity contribution in [2.75, 3.05) is 7.11 Å². The predicted octanol–water partition coefficient (Wildman–Crippen LogP) is 0.310. The van der Waals surface area contributed by atoms with Crippen LogP contribution < -0.4 is 5.14 Å². The zero-order valence-electron chi connectivity index (χ0n) is 8.39. The number of sulfonamides is 1. The van der Waals surface area contributed by atoms with Gasteiger partial charge in [-0.2, -0.15) is 0 Å². The number of thiophene rings is 1. The second-order valence-corrected chi connectivity index (χ2v) is 5.59. The van der Waals surface area contributed by atoms with E-state index in [9.17, 15) is 13.2 Å². The second-order valence-electron chi connectivity index (χ2n) is 2.72. The Bertz CT molecular complexity index is 548. The Morgan fingerprint density at radius 2 is 2.25 bits per heavy atom. The summed E-state index contributed by atoms with van der Waals surface area (Å²) in [5.41, 5.74) is 0. The molecule has 7 heteroatoms. The van der Waals surface area contributed by atoms with E-state index in [2.05, 4.69) is 16.6 Å². The summed E-state index contributed by atoms with van der Waals surface area (Å²) in [5.74, 6) is 4.78. The Labute approximate surface area is 97.3 Å². The SMILES string of the molecule is COC(=O)CC#Cc1ccc(S(N)(=O)=O)s1. The highest BCUT2D eigenvalue weighted by molar-refractivity contribution is 7.91. The van der Waals surface area contributed by atoms with E-state index in [1.165, 1.54) is 19.2 Å². The summed E-state index contributed by atoms with van der Waals surface area (Å²) in [4.78, 5) is 11.3. The van der Waals surface area contributed by atoms with E-state index < -0.39 is 16.0 Å². The lowest BCUT2D eigenvalue weighted by Gasteiger charge is -1.89. The minimum atomic E-state index is -3.67. The van der Waals surface area contributed by atoms with Gasteiger partial charge in [-0.1, -0.05) is 11.8 Å². The van der Waals surface area contributed by atoms with Gasteiger partial charge in [-0.05, 0) is 12.1 Å². The van der Waals surface area contributed by atoms with Gasteiger partial charge in [0.2, 0.25) is 10.0 Å². The average molecular weight is 259 g/mol. The largest absolute Gasteiger partial charge is 0.468 e. The summed E-state index contributed by atoms with van der Waals surface area (Å²) >= 11 is 0.960. The Kier molecular flexibility index (Phi) is 4.06. The normalized spacial score (nSPS) is 10.4. The standard InChI is InChI=1S/C9H9NO4S2/c1-14-8(11)4-2-3-7-5-6-9(15-7)16(10,12)13/h5-6H,4H2,1H3,(H2,10,12,13). The maximum atomic E-state index is 10.9. The van der Waals surface area contributed by atoms with Gasteiger partial charge in [0, 0.05) is 0 Å². The Morgan fingerprint density at radius 3 is 2.75 bits per heavy atom. The topological polar surface area (TPSA) is 86.5 Å². The van der Waals surface area contributed by atoms with Crippen molar-refractivity contribution in [3.8, 4) is 11.8 Å². The van der Waals surface area contributed by atoms with Crippen LogP contribution in [0.2, 0.25) is 0 Å². The minimum absolute atomic E-state index is 0.0287. The van der Waals surface area contributed by atoms with Crippen LogP contribution in [-0.4, -0.2) is 21.5 Å². The number of primary sulfonamides is 1. The zero-order chi connectivity index (χ0) is 12.2. The highest BCUT2D eigenvalue weighted by Crippen LogP contribution is 2.19. The Balaban J connectivity index is 2.77. The monoisotopic (exact) mass is 259 g/mol. The fourth-order valence-electron chi connectivity index (χ4n) is 0.816. The number of esters is 1. The molecule has 0 amide bonds. The van der Waals surface area contributed by atoms with E-state index >= 15 is 0 Å². The summed E-state index contributed by atoms with van der Waals surface area (Å²) in [5, 5.41) is 4.93. The first-order chi connectivity index (χ1) is 7.43. The number of nitrogens with two attached hydrogens (primary N) is 1. The van der Waals surface area contributed by atoms with Gasteiger partial charge in [0.05, 0.1) is 12.0 Å². The van der Waals surface area contributed by atoms with Crippen LogP contribution in [-0.2, 0) is 19.6 Å². The average Bonchev–Trinajstić information content (AvgIpc) is 2.65. The van der Waals surface area contributed by atoms with E-state index in [1.54, 1.807) is 0 Å². The van der Waals surface area contributed by atoms with Crippen molar-refractivity contribution in [2.45, 2.75) is 10.6 Å². The van der Waals surface area contributed by atoms with Gasteiger partial charge in [0.25, 0.3) is 0 Å². The molecule has 1 heterocycles. The zero-order valence-corrected chi connectivity index (χ0v) is 10.0. The first-order valence-corrected chi connectivity index (χ1v) is 6.48. The molecule has 5 nitrogen and oxygen atoms in total. The van der Waals surface area contributed by atoms with Crippen LogP contribution in [0.3, 0.4) is 0 Å². The van der Waals surface area contributed by atoms with Gasteiger partial charge in [-0.3, -0.25) is 4.79 Å². The van der Waals surface area contributed by atoms with Gasteiger partial charge in [0.1, 0.15) is 10.6 Å². The summed E-state index contributed by atoms with van der Waals surface area (Å²) in [6, 6.07) is 2.91. The maximum Gasteiger partial charge on any atom is 0.317 e. The van der Waals surface area contributed by atoms with E-state index in [4.69, 9.17) is 5.14 Å². The van der Waals surface area contributed by atoms with Gasteiger partial charge in [0.15, 0.2) is 0 Å². The molecule has 0 radical (unpaired) electrons. The van der Waals surface area contributed by atoms with E-state index in [0.717, 1.165) is 11.3 Å². The predicted molar refractivity (Wildman–Crippen MR) is 59.2 cm³/mol. The van der Waals surface area contributed by atoms with Crippen LogP contribution in [0.4, 0.5) is 0 Å². The third kappa shape index (κ3) is 3.66. The molecule has 86 valence electrons. The first-order valence-electron chi connectivity index (χ1n) is 4.12. The second kappa shape index (κ2) is 5.12. The number of carbonyl (C=O) groups excluding carboxylic acids is 1. The van der Waals surface area contributed by atoms with Crippen molar-refractivity contribution >= 4 is 27.3 Å². The summed E-state index contributed by atoms with van der Waals surface area (Å²) < 4.78 is 26.3. The van der Waals surface area contributed by atoms with Gasteiger partial charge in [-0.15, -0.1) is 11.3 Å². The lowest BCUT2D eigenvalue weighted by Crippen LogP contribution is -2.09. The van der Waals surface area contributed by atoms with E-state index in [1.807, 2.05) is 0 Å².